The van der Waals surface area contributed by atoms with Gasteiger partial charge in [-0.1, -0.05) is 17.7 Å². The van der Waals surface area contributed by atoms with Crippen LogP contribution in [0.2, 0.25) is 5.02 Å². The van der Waals surface area contributed by atoms with E-state index in [9.17, 15) is 4.79 Å². The van der Waals surface area contributed by atoms with E-state index >= 15 is 0 Å². The highest BCUT2D eigenvalue weighted by Gasteiger charge is 2.17. The number of carbonyl (C=O) groups is 1. The molecule has 0 saturated heterocycles. The lowest BCUT2D eigenvalue weighted by Gasteiger charge is -2.20. The summed E-state index contributed by atoms with van der Waals surface area (Å²) in [7, 11) is 0. The summed E-state index contributed by atoms with van der Waals surface area (Å²) < 4.78 is 5.17. The molecule has 2 aromatic rings. The van der Waals surface area contributed by atoms with Crippen molar-refractivity contribution in [1.82, 2.24) is 9.97 Å². The number of H-pyrrole nitrogens is 1. The second-order valence-corrected chi connectivity index (χ2v) is 5.91. The van der Waals surface area contributed by atoms with Crippen LogP contribution in [0.4, 0.5) is 16.4 Å². The number of carbonyl (C=O) groups excluding carboxylic acids is 1. The van der Waals surface area contributed by atoms with Gasteiger partial charge in [0.2, 0.25) is 0 Å². The molecule has 7 heteroatoms. The molecule has 6 nitrogen and oxygen atoms in total. The lowest BCUT2D eigenvalue weighted by molar-refractivity contribution is 0.0636. The Balaban J connectivity index is 2.15. The number of nitrogen functional groups attached to an aromatic ring is 1. The number of imidazole rings is 1. The molecule has 0 atom stereocenters. The van der Waals surface area contributed by atoms with Gasteiger partial charge in [0.15, 0.2) is 5.95 Å². The average Bonchev–Trinajstić information content (AvgIpc) is 2.76. The molecular weight excluding hydrogens is 292 g/mol. The molecule has 1 aromatic carbocycles. The first-order valence-corrected chi connectivity index (χ1v) is 6.73. The van der Waals surface area contributed by atoms with Crippen molar-refractivity contribution in [3.05, 3.63) is 29.4 Å². The maximum Gasteiger partial charge on any atom is 0.412 e. The summed E-state index contributed by atoms with van der Waals surface area (Å²) in [5.74, 6) is 0.331. The Hall–Kier alpha value is -2.21. The highest BCUT2D eigenvalue weighted by atomic mass is 35.5. The van der Waals surface area contributed by atoms with E-state index in [1.807, 2.05) is 0 Å². The molecule has 0 saturated carbocycles. The predicted octanol–water partition coefficient (Wildman–Crippen LogP) is 3.66. The molecule has 0 aliphatic rings. The van der Waals surface area contributed by atoms with Crippen LogP contribution in [0.15, 0.2) is 24.4 Å². The number of rotatable bonds is 2. The summed E-state index contributed by atoms with van der Waals surface area (Å²) in [6.45, 7) is 5.37. The van der Waals surface area contributed by atoms with Crippen LogP contribution in [0.25, 0.3) is 11.3 Å². The number of nitrogens with zero attached hydrogens (tertiary/aromatic N) is 1. The van der Waals surface area contributed by atoms with Gasteiger partial charge in [-0.25, -0.2) is 9.78 Å². The third-order valence-corrected chi connectivity index (χ3v) is 2.82. The first-order chi connectivity index (χ1) is 9.74. The second kappa shape index (κ2) is 5.65. The number of benzene rings is 1. The summed E-state index contributed by atoms with van der Waals surface area (Å²) in [6, 6.07) is 5.20. The second-order valence-electron chi connectivity index (χ2n) is 5.50. The molecule has 4 N–H and O–H groups in total. The molecule has 0 radical (unpaired) electrons. The van der Waals surface area contributed by atoms with Crippen LogP contribution in [-0.4, -0.2) is 21.7 Å². The van der Waals surface area contributed by atoms with Gasteiger partial charge < -0.3 is 15.5 Å². The SMILES string of the molecule is CC(C)(C)OC(=O)Nc1ccc(-c2cnc(N)[nH]2)cc1Cl. The maximum atomic E-state index is 11.7. The van der Waals surface area contributed by atoms with Gasteiger partial charge in [0, 0.05) is 5.56 Å². The predicted molar refractivity (Wildman–Crippen MR) is 83.3 cm³/mol. The van der Waals surface area contributed by atoms with Crippen molar-refractivity contribution in [1.29, 1.82) is 0 Å². The Morgan fingerprint density at radius 2 is 2.14 bits per heavy atom. The van der Waals surface area contributed by atoms with Crippen LogP contribution < -0.4 is 11.1 Å². The van der Waals surface area contributed by atoms with Crippen molar-refractivity contribution in [3.8, 4) is 11.3 Å². The van der Waals surface area contributed by atoms with Gasteiger partial charge in [-0.2, -0.15) is 0 Å². The van der Waals surface area contributed by atoms with Crippen molar-refractivity contribution >= 4 is 29.3 Å². The van der Waals surface area contributed by atoms with Gasteiger partial charge in [0.05, 0.1) is 22.6 Å². The number of ether oxygens (including phenoxy) is 1. The quantitative estimate of drug-likeness (QED) is 0.789. The van der Waals surface area contributed by atoms with Crippen LogP contribution in [0.5, 0.6) is 0 Å². The highest BCUT2D eigenvalue weighted by Crippen LogP contribution is 2.28. The Labute approximate surface area is 127 Å². The fraction of sp³-hybridized carbons (Fsp3) is 0.286. The van der Waals surface area contributed by atoms with E-state index in [0.29, 0.717) is 16.7 Å². The van der Waals surface area contributed by atoms with Crippen molar-refractivity contribution in [3.63, 3.8) is 0 Å². The minimum atomic E-state index is -0.566. The number of nitrogens with one attached hydrogen (secondary N) is 2. The van der Waals surface area contributed by atoms with Gasteiger partial charge in [-0.3, -0.25) is 5.32 Å². The molecule has 1 heterocycles. The number of anilines is 2. The lowest BCUT2D eigenvalue weighted by Crippen LogP contribution is -2.27. The normalized spacial score (nSPS) is 11.2. The summed E-state index contributed by atoms with van der Waals surface area (Å²) in [6.07, 6.45) is 1.06. The van der Waals surface area contributed by atoms with Crippen molar-refractivity contribution in [2.45, 2.75) is 26.4 Å². The summed E-state index contributed by atoms with van der Waals surface area (Å²) in [5.41, 5.74) is 7.01. The monoisotopic (exact) mass is 308 g/mol. The van der Waals surface area contributed by atoms with Crippen molar-refractivity contribution in [2.24, 2.45) is 0 Å². The standard InChI is InChI=1S/C14H17ClN4O2/c1-14(2,3)21-13(20)19-10-5-4-8(6-9(10)15)11-7-17-12(16)18-11/h4-7H,1-3H3,(H,19,20)(H3,16,17,18). The lowest BCUT2D eigenvalue weighted by atomic mass is 10.1. The Kier molecular flexibility index (Phi) is 4.09. The zero-order valence-electron chi connectivity index (χ0n) is 12.0. The zero-order valence-corrected chi connectivity index (χ0v) is 12.8. The number of nitrogens with two attached hydrogens (primary N) is 1. The first kappa shape index (κ1) is 15.2. The summed E-state index contributed by atoms with van der Waals surface area (Å²) >= 11 is 6.17. The highest BCUT2D eigenvalue weighted by molar-refractivity contribution is 6.34. The fourth-order valence-electron chi connectivity index (χ4n) is 1.68. The van der Waals surface area contributed by atoms with Crippen LogP contribution in [-0.2, 0) is 4.74 Å². The third kappa shape index (κ3) is 4.13. The van der Waals surface area contributed by atoms with Gasteiger partial charge in [-0.05, 0) is 32.9 Å². The molecule has 0 bridgehead atoms. The van der Waals surface area contributed by atoms with Crippen LogP contribution in [0.3, 0.4) is 0 Å². The van der Waals surface area contributed by atoms with E-state index in [-0.39, 0.29) is 0 Å². The fourth-order valence-corrected chi connectivity index (χ4v) is 1.91. The number of aromatic amines is 1. The molecule has 0 aliphatic carbocycles. The molecule has 1 amide bonds. The van der Waals surface area contributed by atoms with Gasteiger partial charge in [0.1, 0.15) is 5.60 Å². The van der Waals surface area contributed by atoms with Crippen LogP contribution >= 0.6 is 11.6 Å². The summed E-state index contributed by atoms with van der Waals surface area (Å²) in [4.78, 5) is 18.5. The third-order valence-electron chi connectivity index (χ3n) is 2.51. The molecule has 0 fully saturated rings. The summed E-state index contributed by atoms with van der Waals surface area (Å²) in [5, 5.41) is 3.00. The number of hydrogen-bond acceptors (Lipinski definition) is 4. The van der Waals surface area contributed by atoms with E-state index < -0.39 is 11.7 Å². The number of amides is 1. The van der Waals surface area contributed by atoms with Crippen molar-refractivity contribution < 1.29 is 9.53 Å². The zero-order chi connectivity index (χ0) is 15.6. The molecular formula is C14H17ClN4O2. The topological polar surface area (TPSA) is 93.0 Å². The molecule has 21 heavy (non-hydrogen) atoms. The molecule has 0 spiro atoms. The van der Waals surface area contributed by atoms with Crippen molar-refractivity contribution in [2.75, 3.05) is 11.1 Å². The molecule has 0 unspecified atom stereocenters. The Morgan fingerprint density at radius 1 is 1.43 bits per heavy atom. The molecule has 2 rings (SSSR count). The van der Waals surface area contributed by atoms with Gasteiger partial charge >= 0.3 is 6.09 Å². The average molecular weight is 309 g/mol. The number of hydrogen-bond donors (Lipinski definition) is 3. The molecule has 0 aliphatic heterocycles. The first-order valence-electron chi connectivity index (χ1n) is 6.35. The minimum absolute atomic E-state index is 0.331. The van der Waals surface area contributed by atoms with Crippen LogP contribution in [0, 0.1) is 0 Å². The molecule has 1 aromatic heterocycles. The number of aromatic nitrogens is 2. The Bertz CT molecular complexity index is 661. The van der Waals surface area contributed by atoms with E-state index in [2.05, 4.69) is 15.3 Å². The minimum Gasteiger partial charge on any atom is -0.444 e. The van der Waals surface area contributed by atoms with E-state index in [4.69, 9.17) is 22.1 Å². The smallest absolute Gasteiger partial charge is 0.412 e. The van der Waals surface area contributed by atoms with Gasteiger partial charge in [0.25, 0.3) is 0 Å². The van der Waals surface area contributed by atoms with Crippen LogP contribution in [0.1, 0.15) is 20.8 Å². The van der Waals surface area contributed by atoms with E-state index in [1.54, 1.807) is 45.2 Å². The number of halogens is 1. The largest absolute Gasteiger partial charge is 0.444 e. The van der Waals surface area contributed by atoms with E-state index in [0.717, 1.165) is 11.3 Å². The Morgan fingerprint density at radius 3 is 2.67 bits per heavy atom. The van der Waals surface area contributed by atoms with Gasteiger partial charge in [-0.15, -0.1) is 0 Å². The molecule has 112 valence electrons. The van der Waals surface area contributed by atoms with E-state index in [1.165, 1.54) is 0 Å². The maximum absolute atomic E-state index is 11.7.